The van der Waals surface area contributed by atoms with Gasteiger partial charge in [0.05, 0.1) is 11.1 Å². The molecule has 0 spiro atoms. The number of carbonyl (C=O) groups excluding carboxylic acids is 1. The van der Waals surface area contributed by atoms with E-state index in [0.29, 0.717) is 10.9 Å². The minimum Gasteiger partial charge on any atom is -0.355 e. The molecule has 0 atom stereocenters. The van der Waals surface area contributed by atoms with E-state index < -0.39 is 0 Å². The molecule has 3 nitrogen and oxygen atoms in total. The maximum atomic E-state index is 13.0. The predicted octanol–water partition coefficient (Wildman–Crippen LogP) is 5.36. The first-order valence-electron chi connectivity index (χ1n) is 7.96. The van der Waals surface area contributed by atoms with Crippen LogP contribution in [0, 0.1) is 0 Å². The molecule has 0 bridgehead atoms. The number of fused-ring (bicyclic) bond motifs is 2. The van der Waals surface area contributed by atoms with E-state index in [1.54, 1.807) is 30.4 Å². The average Bonchev–Trinajstić information content (AvgIpc) is 2.62. The van der Waals surface area contributed by atoms with Crippen molar-refractivity contribution < 1.29 is 4.79 Å². The first-order valence-corrected chi connectivity index (χ1v) is 8.78. The molecule has 0 saturated carbocycles. The monoisotopic (exact) mass is 345 g/mol. The van der Waals surface area contributed by atoms with Gasteiger partial charge in [0.2, 0.25) is 0 Å². The summed E-state index contributed by atoms with van der Waals surface area (Å²) >= 11 is 1.61. The topological polar surface area (TPSA) is 46.2 Å². The van der Waals surface area contributed by atoms with Crippen LogP contribution >= 0.6 is 11.3 Å². The fourth-order valence-electron chi connectivity index (χ4n) is 2.89. The summed E-state index contributed by atoms with van der Waals surface area (Å²) in [6.07, 6.45) is 0. The minimum absolute atomic E-state index is 0.0341. The van der Waals surface area contributed by atoms with Gasteiger partial charge in [0.25, 0.3) is 0 Å². The Bertz CT molecular complexity index is 1160. The van der Waals surface area contributed by atoms with Crippen molar-refractivity contribution in [2.75, 3.05) is 5.32 Å². The van der Waals surface area contributed by atoms with Crippen LogP contribution in [0.4, 0.5) is 11.4 Å². The molecular weight excluding hydrogens is 330 g/mol. The molecule has 1 aromatic heterocycles. The van der Waals surface area contributed by atoms with Crippen molar-refractivity contribution in [1.29, 1.82) is 0 Å². The van der Waals surface area contributed by atoms with E-state index in [2.05, 4.69) is 5.32 Å². The molecule has 1 N–H and O–H groups in total. The smallest absolute Gasteiger partial charge is 0.197 e. The Morgan fingerprint density at radius 2 is 1.60 bits per heavy atom. The fourth-order valence-corrected chi connectivity index (χ4v) is 4.00. The van der Waals surface area contributed by atoms with Crippen molar-refractivity contribution in [3.63, 3.8) is 0 Å². The zero-order valence-electron chi connectivity index (χ0n) is 13.6. The van der Waals surface area contributed by atoms with Gasteiger partial charge in [-0.2, -0.15) is 0 Å². The summed E-state index contributed by atoms with van der Waals surface area (Å²) < 4.78 is 1.94. The van der Waals surface area contributed by atoms with E-state index in [4.69, 9.17) is 0 Å². The van der Waals surface area contributed by atoms with Crippen LogP contribution in [0.2, 0.25) is 0 Å². The van der Waals surface area contributed by atoms with Crippen LogP contribution in [0.25, 0.3) is 20.2 Å². The largest absolute Gasteiger partial charge is 0.355 e. The van der Waals surface area contributed by atoms with Gasteiger partial charge in [0.1, 0.15) is 0 Å². The van der Waals surface area contributed by atoms with Crippen LogP contribution in [0.1, 0.15) is 17.3 Å². The molecule has 122 valence electrons. The molecule has 0 fully saturated rings. The third kappa shape index (κ3) is 2.81. The molecule has 0 radical (unpaired) electrons. The van der Waals surface area contributed by atoms with Crippen molar-refractivity contribution in [1.82, 2.24) is 0 Å². The molecule has 0 aliphatic rings. The third-order valence-electron chi connectivity index (χ3n) is 4.18. The number of Topliss-reactive ketones (excluding diaryl/α,β-unsaturated/α-hetero) is 1. The van der Waals surface area contributed by atoms with Crippen molar-refractivity contribution in [2.24, 2.45) is 0 Å². The highest BCUT2D eigenvalue weighted by atomic mass is 32.1. The van der Waals surface area contributed by atoms with Crippen LogP contribution in [0.3, 0.4) is 0 Å². The number of nitrogens with one attached hydrogen (secondary N) is 1. The maximum absolute atomic E-state index is 13.0. The van der Waals surface area contributed by atoms with Gasteiger partial charge in [-0.05, 0) is 55.5 Å². The summed E-state index contributed by atoms with van der Waals surface area (Å²) in [4.78, 5) is 24.4. The van der Waals surface area contributed by atoms with Gasteiger partial charge < -0.3 is 5.32 Å². The van der Waals surface area contributed by atoms with Crippen LogP contribution < -0.4 is 10.7 Å². The average molecular weight is 345 g/mol. The standard InChI is InChI=1S/C21H15NO2S/c1-13(23)14-9-11-15(12-10-14)22-17-6-4-8-19-20(17)21(24)16-5-2-3-7-18(16)25-19/h2-12,22H,1H3. The third-order valence-corrected chi connectivity index (χ3v) is 5.31. The minimum atomic E-state index is 0.0341. The number of rotatable bonds is 3. The number of carbonyl (C=O) groups is 1. The first kappa shape index (κ1) is 15.5. The molecule has 0 aliphatic carbocycles. The Morgan fingerprint density at radius 3 is 2.36 bits per heavy atom. The summed E-state index contributed by atoms with van der Waals surface area (Å²) in [6, 6.07) is 20.8. The summed E-state index contributed by atoms with van der Waals surface area (Å²) in [5.74, 6) is 0.0341. The van der Waals surface area contributed by atoms with Crippen molar-refractivity contribution >= 4 is 48.7 Å². The lowest BCUT2D eigenvalue weighted by Crippen LogP contribution is -2.04. The highest BCUT2D eigenvalue weighted by molar-refractivity contribution is 7.24. The highest BCUT2D eigenvalue weighted by Crippen LogP contribution is 2.30. The molecule has 0 saturated heterocycles. The second kappa shape index (κ2) is 6.15. The summed E-state index contributed by atoms with van der Waals surface area (Å²) in [5.41, 5.74) is 2.32. The zero-order valence-corrected chi connectivity index (χ0v) is 14.4. The van der Waals surface area contributed by atoms with E-state index in [1.807, 2.05) is 54.6 Å². The summed E-state index contributed by atoms with van der Waals surface area (Å²) in [6.45, 7) is 1.54. The van der Waals surface area contributed by atoms with Gasteiger partial charge in [-0.25, -0.2) is 0 Å². The SMILES string of the molecule is CC(=O)c1ccc(Nc2cccc3sc4ccccc4c(=O)c23)cc1. The van der Waals surface area contributed by atoms with E-state index in [1.165, 1.54) is 0 Å². The Morgan fingerprint density at radius 1 is 0.880 bits per heavy atom. The van der Waals surface area contributed by atoms with Gasteiger partial charge in [0, 0.05) is 26.0 Å². The number of benzene rings is 3. The molecule has 3 aromatic carbocycles. The highest BCUT2D eigenvalue weighted by Gasteiger charge is 2.10. The molecule has 1 heterocycles. The number of anilines is 2. The Labute approximate surface area is 148 Å². The van der Waals surface area contributed by atoms with Gasteiger partial charge in [-0.3, -0.25) is 9.59 Å². The number of hydrogen-bond acceptors (Lipinski definition) is 4. The lowest BCUT2D eigenvalue weighted by Gasteiger charge is -2.10. The number of ketones is 1. The molecule has 4 rings (SSSR count). The molecule has 0 aliphatic heterocycles. The van der Waals surface area contributed by atoms with Crippen molar-refractivity contribution in [3.05, 3.63) is 82.5 Å². The quantitative estimate of drug-likeness (QED) is 0.401. The van der Waals surface area contributed by atoms with E-state index >= 15 is 0 Å². The van der Waals surface area contributed by atoms with Gasteiger partial charge in [0.15, 0.2) is 11.2 Å². The second-order valence-corrected chi connectivity index (χ2v) is 6.95. The second-order valence-electron chi connectivity index (χ2n) is 5.86. The fraction of sp³-hybridized carbons (Fsp3) is 0.0476. The molecule has 4 heteroatoms. The summed E-state index contributed by atoms with van der Waals surface area (Å²) in [5, 5.41) is 4.75. The van der Waals surface area contributed by atoms with Gasteiger partial charge in [-0.15, -0.1) is 11.3 Å². The van der Waals surface area contributed by atoms with E-state index in [9.17, 15) is 9.59 Å². The Balaban J connectivity index is 1.86. The van der Waals surface area contributed by atoms with Crippen LogP contribution in [0.15, 0.2) is 71.5 Å². The van der Waals surface area contributed by atoms with Gasteiger partial charge in [-0.1, -0.05) is 18.2 Å². The normalized spacial score (nSPS) is 10.9. The molecule has 0 amide bonds. The molecule has 0 unspecified atom stereocenters. The lowest BCUT2D eigenvalue weighted by atomic mass is 10.1. The zero-order chi connectivity index (χ0) is 17.4. The van der Waals surface area contributed by atoms with Gasteiger partial charge >= 0.3 is 0 Å². The van der Waals surface area contributed by atoms with Crippen LogP contribution in [0.5, 0.6) is 0 Å². The van der Waals surface area contributed by atoms with Crippen molar-refractivity contribution in [3.8, 4) is 0 Å². The molecular formula is C21H15NO2S. The van der Waals surface area contributed by atoms with E-state index in [0.717, 1.165) is 26.2 Å². The number of hydrogen-bond donors (Lipinski definition) is 1. The first-order chi connectivity index (χ1) is 12.1. The molecule has 25 heavy (non-hydrogen) atoms. The molecule has 4 aromatic rings. The van der Waals surface area contributed by atoms with Crippen LogP contribution in [-0.4, -0.2) is 5.78 Å². The Kier molecular flexibility index (Phi) is 3.82. The van der Waals surface area contributed by atoms with Crippen LogP contribution in [-0.2, 0) is 0 Å². The lowest BCUT2D eigenvalue weighted by molar-refractivity contribution is 0.101. The Hall–Kier alpha value is -2.98. The summed E-state index contributed by atoms with van der Waals surface area (Å²) in [7, 11) is 0. The van der Waals surface area contributed by atoms with E-state index in [-0.39, 0.29) is 11.2 Å². The maximum Gasteiger partial charge on any atom is 0.197 e. The van der Waals surface area contributed by atoms with Crippen molar-refractivity contribution in [2.45, 2.75) is 6.92 Å². The predicted molar refractivity (Wildman–Crippen MR) is 105 cm³/mol.